The Balaban J connectivity index is 2.13. The number of aliphatic hydroxyl groups excluding tert-OH is 1. The van der Waals surface area contributed by atoms with Crippen LogP contribution in [-0.2, 0) is 16.0 Å². The number of ketones is 1. The molecule has 30 heavy (non-hydrogen) atoms. The monoisotopic (exact) mass is 408 g/mol. The van der Waals surface area contributed by atoms with Crippen LogP contribution in [0.25, 0.3) is 5.76 Å². The summed E-state index contributed by atoms with van der Waals surface area (Å²) in [5.74, 6) is -0.890. The number of likely N-dealkylation sites (tertiary alicyclic amines) is 1. The van der Waals surface area contributed by atoms with E-state index >= 15 is 0 Å². The minimum absolute atomic E-state index is 0.108. The minimum atomic E-state index is -0.668. The molecule has 0 saturated carbocycles. The van der Waals surface area contributed by atoms with Gasteiger partial charge < -0.3 is 19.6 Å². The third-order valence-corrected chi connectivity index (χ3v) is 5.37. The van der Waals surface area contributed by atoms with E-state index in [1.165, 1.54) is 7.11 Å². The number of hydrogen-bond donors (Lipinski definition) is 1. The van der Waals surface area contributed by atoms with Crippen LogP contribution in [0, 0.1) is 0 Å². The van der Waals surface area contributed by atoms with Crippen molar-refractivity contribution in [2.45, 2.75) is 19.4 Å². The second-order valence-corrected chi connectivity index (χ2v) is 7.62. The van der Waals surface area contributed by atoms with E-state index in [4.69, 9.17) is 4.74 Å². The minimum Gasteiger partial charge on any atom is -0.507 e. The molecule has 3 rings (SSSR count). The number of aryl methyl sites for hydroxylation is 1. The van der Waals surface area contributed by atoms with Crippen LogP contribution in [0.4, 0.5) is 0 Å². The number of rotatable bonds is 7. The van der Waals surface area contributed by atoms with Crippen molar-refractivity contribution in [3.8, 4) is 5.75 Å². The third kappa shape index (κ3) is 4.24. The van der Waals surface area contributed by atoms with Gasteiger partial charge in [0.15, 0.2) is 0 Å². The molecule has 1 saturated heterocycles. The van der Waals surface area contributed by atoms with E-state index in [-0.39, 0.29) is 11.3 Å². The van der Waals surface area contributed by atoms with Crippen LogP contribution < -0.4 is 4.74 Å². The lowest BCUT2D eigenvalue weighted by Crippen LogP contribution is -2.35. The summed E-state index contributed by atoms with van der Waals surface area (Å²) in [6.07, 6.45) is 0.894. The number of carbonyl (C=O) groups is 2. The highest BCUT2D eigenvalue weighted by Crippen LogP contribution is 2.39. The van der Waals surface area contributed by atoms with E-state index in [0.717, 1.165) is 17.5 Å². The van der Waals surface area contributed by atoms with Crippen LogP contribution in [-0.4, -0.2) is 60.9 Å². The summed E-state index contributed by atoms with van der Waals surface area (Å²) in [5.41, 5.74) is 2.51. The molecular weight excluding hydrogens is 380 g/mol. The van der Waals surface area contributed by atoms with Crippen molar-refractivity contribution in [1.29, 1.82) is 0 Å². The molecule has 1 N–H and O–H groups in total. The Bertz CT molecular complexity index is 963. The molecule has 1 amide bonds. The zero-order valence-electron chi connectivity index (χ0n) is 17.9. The van der Waals surface area contributed by atoms with E-state index < -0.39 is 17.7 Å². The summed E-state index contributed by atoms with van der Waals surface area (Å²) in [7, 11) is 5.37. The number of Topliss-reactive ketones (excluding diaryl/α,β-unsaturated/α-hetero) is 1. The number of nitrogens with zero attached hydrogens (tertiary/aromatic N) is 2. The Morgan fingerprint density at radius 1 is 1.13 bits per heavy atom. The molecule has 1 atom stereocenters. The second-order valence-electron chi connectivity index (χ2n) is 7.62. The van der Waals surface area contributed by atoms with Crippen molar-refractivity contribution in [2.24, 2.45) is 0 Å². The largest absolute Gasteiger partial charge is 0.507 e. The number of amides is 1. The Hall–Kier alpha value is -3.12. The summed E-state index contributed by atoms with van der Waals surface area (Å²) < 4.78 is 5.24. The maximum absolute atomic E-state index is 13.0. The summed E-state index contributed by atoms with van der Waals surface area (Å²) in [4.78, 5) is 29.4. The number of carbonyl (C=O) groups excluding carboxylic acids is 2. The van der Waals surface area contributed by atoms with Crippen molar-refractivity contribution in [1.82, 2.24) is 9.80 Å². The van der Waals surface area contributed by atoms with Gasteiger partial charge >= 0.3 is 0 Å². The van der Waals surface area contributed by atoms with Gasteiger partial charge in [-0.25, -0.2) is 0 Å². The Labute approximate surface area is 177 Å². The van der Waals surface area contributed by atoms with Gasteiger partial charge in [0.2, 0.25) is 0 Å². The highest BCUT2D eigenvalue weighted by Gasteiger charge is 2.45. The quantitative estimate of drug-likeness (QED) is 0.433. The fourth-order valence-corrected chi connectivity index (χ4v) is 3.63. The van der Waals surface area contributed by atoms with E-state index in [2.05, 4.69) is 6.92 Å². The molecule has 1 aliphatic heterocycles. The summed E-state index contributed by atoms with van der Waals surface area (Å²) >= 11 is 0. The van der Waals surface area contributed by atoms with Gasteiger partial charge in [-0.2, -0.15) is 0 Å². The van der Waals surface area contributed by atoms with Gasteiger partial charge in [0.05, 0.1) is 18.7 Å². The summed E-state index contributed by atoms with van der Waals surface area (Å²) in [5, 5.41) is 11.1. The van der Waals surface area contributed by atoms with E-state index in [9.17, 15) is 14.7 Å². The molecule has 6 heteroatoms. The predicted molar refractivity (Wildman–Crippen MR) is 116 cm³/mol. The molecular formula is C24H28N2O4. The molecule has 1 heterocycles. The van der Waals surface area contributed by atoms with Gasteiger partial charge in [0, 0.05) is 18.7 Å². The van der Waals surface area contributed by atoms with Crippen molar-refractivity contribution < 1.29 is 19.4 Å². The first-order valence-corrected chi connectivity index (χ1v) is 10.0. The lowest BCUT2D eigenvalue weighted by Gasteiger charge is -2.26. The van der Waals surface area contributed by atoms with Gasteiger partial charge in [-0.1, -0.05) is 43.3 Å². The molecule has 0 spiro atoms. The van der Waals surface area contributed by atoms with Crippen molar-refractivity contribution in [3.05, 3.63) is 70.8 Å². The average molecular weight is 408 g/mol. The van der Waals surface area contributed by atoms with Crippen LogP contribution in [0.1, 0.15) is 29.7 Å². The molecule has 2 aromatic carbocycles. The fraction of sp³-hybridized carbons (Fsp3) is 0.333. The predicted octanol–water partition coefficient (Wildman–Crippen LogP) is 3.24. The maximum atomic E-state index is 13.0. The Kier molecular flexibility index (Phi) is 6.57. The molecule has 1 fully saturated rings. The SMILES string of the molecule is CCc1ccc(C2C(=C(O)c3cccc(OC)c3)C(=O)C(=O)N2CCN(C)C)cc1. The van der Waals surface area contributed by atoms with E-state index in [1.54, 1.807) is 29.2 Å². The lowest BCUT2D eigenvalue weighted by molar-refractivity contribution is -0.140. The lowest BCUT2D eigenvalue weighted by atomic mass is 9.94. The van der Waals surface area contributed by atoms with Crippen LogP contribution in [0.15, 0.2) is 54.1 Å². The Morgan fingerprint density at radius 3 is 2.43 bits per heavy atom. The van der Waals surface area contributed by atoms with Gasteiger partial charge in [-0.05, 0) is 43.8 Å². The van der Waals surface area contributed by atoms with Gasteiger partial charge in [-0.15, -0.1) is 0 Å². The molecule has 0 aliphatic carbocycles. The smallest absolute Gasteiger partial charge is 0.295 e. The van der Waals surface area contributed by atoms with Gasteiger partial charge in [0.25, 0.3) is 11.7 Å². The molecule has 2 aromatic rings. The normalized spacial score (nSPS) is 18.3. The van der Waals surface area contributed by atoms with Gasteiger partial charge in [0.1, 0.15) is 11.5 Å². The van der Waals surface area contributed by atoms with Crippen LogP contribution >= 0.6 is 0 Å². The molecule has 6 nitrogen and oxygen atoms in total. The second kappa shape index (κ2) is 9.13. The number of hydrogen-bond acceptors (Lipinski definition) is 5. The van der Waals surface area contributed by atoms with Gasteiger partial charge in [-0.3, -0.25) is 9.59 Å². The highest BCUT2D eigenvalue weighted by molar-refractivity contribution is 6.46. The van der Waals surface area contributed by atoms with Crippen LogP contribution in [0.2, 0.25) is 0 Å². The number of likely N-dealkylation sites (N-methyl/N-ethyl adjacent to an activating group) is 1. The molecule has 1 unspecified atom stereocenters. The molecule has 0 aromatic heterocycles. The number of methoxy groups -OCH3 is 1. The first-order chi connectivity index (χ1) is 14.4. The molecule has 1 aliphatic rings. The molecule has 0 bridgehead atoms. The summed E-state index contributed by atoms with van der Waals surface area (Å²) in [6.45, 7) is 3.06. The molecule has 0 radical (unpaired) electrons. The van der Waals surface area contributed by atoms with E-state index in [1.807, 2.05) is 43.3 Å². The maximum Gasteiger partial charge on any atom is 0.295 e. The van der Waals surface area contributed by atoms with Crippen LogP contribution in [0.5, 0.6) is 5.75 Å². The number of aliphatic hydroxyl groups is 1. The zero-order chi connectivity index (χ0) is 21.8. The van der Waals surface area contributed by atoms with Crippen LogP contribution in [0.3, 0.4) is 0 Å². The zero-order valence-corrected chi connectivity index (χ0v) is 17.9. The topological polar surface area (TPSA) is 70.1 Å². The first-order valence-electron chi connectivity index (χ1n) is 10.0. The Morgan fingerprint density at radius 2 is 1.83 bits per heavy atom. The van der Waals surface area contributed by atoms with E-state index in [0.29, 0.717) is 24.4 Å². The molecule has 158 valence electrons. The summed E-state index contributed by atoms with van der Waals surface area (Å²) in [6, 6.07) is 14.0. The highest BCUT2D eigenvalue weighted by atomic mass is 16.5. The number of benzene rings is 2. The third-order valence-electron chi connectivity index (χ3n) is 5.37. The van der Waals surface area contributed by atoms with Crippen molar-refractivity contribution in [3.63, 3.8) is 0 Å². The van der Waals surface area contributed by atoms with Crippen molar-refractivity contribution >= 4 is 17.4 Å². The first kappa shape index (κ1) is 21.6. The number of ether oxygens (including phenoxy) is 1. The standard InChI is InChI=1S/C24H28N2O4/c1-5-16-9-11-17(12-10-16)21-20(22(27)18-7-6-8-19(15-18)30-4)23(28)24(29)26(21)14-13-25(2)3/h6-12,15,21,27H,5,13-14H2,1-4H3. The average Bonchev–Trinajstić information content (AvgIpc) is 3.02. The van der Waals surface area contributed by atoms with Crippen molar-refractivity contribution in [2.75, 3.05) is 34.3 Å². The fourth-order valence-electron chi connectivity index (χ4n) is 3.63.